The number of hydrogen-bond donors (Lipinski definition) is 3. The van der Waals surface area contributed by atoms with E-state index in [0.717, 1.165) is 49.2 Å². The highest BCUT2D eigenvalue weighted by Crippen LogP contribution is 2.33. The Bertz CT molecular complexity index is 1690. The van der Waals surface area contributed by atoms with Gasteiger partial charge in [0.25, 0.3) is 5.91 Å². The van der Waals surface area contributed by atoms with Gasteiger partial charge in [-0.25, -0.2) is 4.98 Å². The van der Waals surface area contributed by atoms with Gasteiger partial charge in [0.1, 0.15) is 5.75 Å². The molecule has 0 atom stereocenters. The second-order valence-electron chi connectivity index (χ2n) is 10.4. The van der Waals surface area contributed by atoms with Crippen molar-refractivity contribution < 1.29 is 19.4 Å². The number of piperidine rings is 1. The van der Waals surface area contributed by atoms with Gasteiger partial charge in [-0.2, -0.15) is 0 Å². The van der Waals surface area contributed by atoms with Crippen LogP contribution in [-0.2, 0) is 17.9 Å². The summed E-state index contributed by atoms with van der Waals surface area (Å²) in [7, 11) is 1.61. The van der Waals surface area contributed by atoms with Crippen LogP contribution < -0.4 is 15.8 Å². The first-order valence-electron chi connectivity index (χ1n) is 13.9. The Morgan fingerprint density at radius 3 is 2.67 bits per heavy atom. The second kappa shape index (κ2) is 12.3. The minimum Gasteiger partial charge on any atom is -0.445 e. The molecule has 1 fully saturated rings. The van der Waals surface area contributed by atoms with Crippen molar-refractivity contribution in [1.82, 2.24) is 14.5 Å². The van der Waals surface area contributed by atoms with E-state index in [4.69, 9.17) is 15.2 Å². The molecule has 10 heteroatoms. The van der Waals surface area contributed by atoms with Crippen LogP contribution in [0.2, 0.25) is 0 Å². The van der Waals surface area contributed by atoms with Crippen molar-refractivity contribution >= 4 is 39.0 Å². The first-order valence-corrected chi connectivity index (χ1v) is 14.7. The number of fused-ring (bicyclic) bond motifs is 1. The number of para-hydroxylation sites is 1. The van der Waals surface area contributed by atoms with Gasteiger partial charge >= 0.3 is 0 Å². The fourth-order valence-corrected chi connectivity index (χ4v) is 5.97. The lowest BCUT2D eigenvalue weighted by Gasteiger charge is -2.29. The first-order chi connectivity index (χ1) is 20.5. The normalized spacial score (nSPS) is 14.3. The number of likely N-dealkylation sites (tertiary alicyclic amines) is 1. The summed E-state index contributed by atoms with van der Waals surface area (Å²) in [5, 5.41) is 14.9. The molecule has 3 heterocycles. The maximum absolute atomic E-state index is 13.0. The number of carbonyl (C=O) groups excluding carboxylic acids is 1. The van der Waals surface area contributed by atoms with E-state index in [1.54, 1.807) is 25.4 Å². The topological polar surface area (TPSA) is 115 Å². The number of benzene rings is 3. The molecule has 5 aromatic rings. The van der Waals surface area contributed by atoms with E-state index < -0.39 is 0 Å². The summed E-state index contributed by atoms with van der Waals surface area (Å²) in [5.74, 6) is 0.374. The number of nitrogens with zero attached hydrogens (tertiary/aromatic N) is 3. The van der Waals surface area contributed by atoms with E-state index >= 15 is 0 Å². The Morgan fingerprint density at radius 2 is 1.88 bits per heavy atom. The van der Waals surface area contributed by atoms with E-state index in [9.17, 15) is 9.90 Å². The summed E-state index contributed by atoms with van der Waals surface area (Å²) in [6, 6.07) is 21.3. The molecule has 0 unspecified atom stereocenters. The highest BCUT2D eigenvalue weighted by Gasteiger charge is 2.19. The van der Waals surface area contributed by atoms with Crippen molar-refractivity contribution in [3.8, 4) is 16.5 Å². The fraction of sp³-hybridized carbons (Fsp3) is 0.250. The van der Waals surface area contributed by atoms with Crippen LogP contribution in [0.4, 0.5) is 10.8 Å². The zero-order chi connectivity index (χ0) is 29.1. The van der Waals surface area contributed by atoms with Gasteiger partial charge in [-0.05, 0) is 66.9 Å². The van der Waals surface area contributed by atoms with Gasteiger partial charge in [-0.1, -0.05) is 29.5 Å². The molecule has 0 aliphatic carbocycles. The number of nitrogen functional groups attached to an aromatic ring is 1. The number of nitrogens with two attached hydrogens (primary N) is 1. The number of aromatic nitrogens is 2. The average Bonchev–Trinajstić information content (AvgIpc) is 3.60. The Labute approximate surface area is 248 Å². The number of carbonyl (C=O) groups is 1. The largest absolute Gasteiger partial charge is 0.445 e. The molecule has 3 aromatic carbocycles. The zero-order valence-electron chi connectivity index (χ0n) is 23.3. The molecule has 1 aliphatic heterocycles. The fourth-order valence-electron chi connectivity index (χ4n) is 5.29. The maximum Gasteiger partial charge on any atom is 0.257 e. The summed E-state index contributed by atoms with van der Waals surface area (Å²) < 4.78 is 13.4. The standard InChI is InChI=1S/C32H33N5O4S/c1-40-20-22-16-24(33)8-11-29(22)41-30-17-34-32(42-30)35-31(39)21-6-9-25(10-7-21)37-19-23(27-4-2-3-5-28(27)37)18-36-14-12-26(38)13-15-36/h2-11,16-17,19,26,38H,12-15,18,20,33H2,1H3,(H,34,35,39). The summed E-state index contributed by atoms with van der Waals surface area (Å²) in [6.45, 7) is 3.00. The molecule has 0 radical (unpaired) electrons. The monoisotopic (exact) mass is 583 g/mol. The molecule has 1 saturated heterocycles. The van der Waals surface area contributed by atoms with Crippen LogP contribution in [0, 0.1) is 0 Å². The Balaban J connectivity index is 1.14. The number of amides is 1. The number of ether oxygens (including phenoxy) is 2. The molecular weight excluding hydrogens is 550 g/mol. The highest BCUT2D eigenvalue weighted by atomic mass is 32.1. The lowest BCUT2D eigenvalue weighted by Crippen LogP contribution is -2.35. The van der Waals surface area contributed by atoms with Crippen LogP contribution in [0.1, 0.15) is 34.3 Å². The predicted molar refractivity (Wildman–Crippen MR) is 166 cm³/mol. The first kappa shape index (κ1) is 27.9. The van der Waals surface area contributed by atoms with Crippen molar-refractivity contribution in [2.75, 3.05) is 31.2 Å². The summed E-state index contributed by atoms with van der Waals surface area (Å²) in [5.41, 5.74) is 11.2. The highest BCUT2D eigenvalue weighted by molar-refractivity contribution is 7.17. The van der Waals surface area contributed by atoms with E-state index in [-0.39, 0.29) is 12.0 Å². The third kappa shape index (κ3) is 6.17. The molecule has 1 amide bonds. The number of hydrogen-bond acceptors (Lipinski definition) is 8. The van der Waals surface area contributed by atoms with E-state index in [1.807, 2.05) is 36.4 Å². The molecule has 1 aliphatic rings. The smallest absolute Gasteiger partial charge is 0.257 e. The van der Waals surface area contributed by atoms with Crippen molar-refractivity contribution in [3.63, 3.8) is 0 Å². The van der Waals surface area contributed by atoms with Gasteiger partial charge in [0.2, 0.25) is 5.06 Å². The summed E-state index contributed by atoms with van der Waals surface area (Å²) >= 11 is 1.24. The van der Waals surface area contributed by atoms with Crippen molar-refractivity contribution in [3.05, 3.63) is 95.8 Å². The third-order valence-corrected chi connectivity index (χ3v) is 8.24. The van der Waals surface area contributed by atoms with Crippen LogP contribution in [0.25, 0.3) is 16.6 Å². The zero-order valence-corrected chi connectivity index (χ0v) is 24.1. The quantitative estimate of drug-likeness (QED) is 0.187. The molecule has 0 bridgehead atoms. The third-order valence-electron chi connectivity index (χ3n) is 7.45. The molecule has 2 aromatic heterocycles. The Morgan fingerprint density at radius 1 is 1.10 bits per heavy atom. The van der Waals surface area contributed by atoms with Gasteiger partial charge in [-0.3, -0.25) is 15.0 Å². The lowest BCUT2D eigenvalue weighted by atomic mass is 10.1. The van der Waals surface area contributed by atoms with Gasteiger partial charge in [0.15, 0.2) is 5.13 Å². The van der Waals surface area contributed by atoms with Crippen LogP contribution >= 0.6 is 11.3 Å². The molecule has 42 heavy (non-hydrogen) atoms. The van der Waals surface area contributed by atoms with Gasteiger partial charge in [0.05, 0.1) is 24.4 Å². The SMILES string of the molecule is COCc1cc(N)ccc1Oc1cnc(NC(=O)c2ccc(-n3cc(CN4CCC(O)CC4)c4ccccc43)cc2)s1. The number of nitrogens with one attached hydrogen (secondary N) is 1. The molecule has 6 rings (SSSR count). The van der Waals surface area contributed by atoms with Crippen LogP contribution in [0.5, 0.6) is 10.8 Å². The van der Waals surface area contributed by atoms with Crippen LogP contribution in [0.15, 0.2) is 79.1 Å². The van der Waals surface area contributed by atoms with Gasteiger partial charge < -0.3 is 24.9 Å². The van der Waals surface area contributed by atoms with E-state index in [2.05, 4.69) is 44.2 Å². The van der Waals surface area contributed by atoms with Crippen molar-refractivity contribution in [2.24, 2.45) is 0 Å². The number of anilines is 2. The minimum absolute atomic E-state index is 0.187. The van der Waals surface area contributed by atoms with Crippen LogP contribution in [0.3, 0.4) is 0 Å². The Hall–Kier alpha value is -4.22. The average molecular weight is 584 g/mol. The predicted octanol–water partition coefficient (Wildman–Crippen LogP) is 5.82. The van der Waals surface area contributed by atoms with Crippen molar-refractivity contribution in [1.29, 1.82) is 0 Å². The molecule has 9 nitrogen and oxygen atoms in total. The number of aliphatic hydroxyl groups excluding tert-OH is 1. The number of aliphatic hydroxyl groups is 1. The summed E-state index contributed by atoms with van der Waals surface area (Å²) in [4.78, 5) is 19.7. The van der Waals surface area contributed by atoms with Gasteiger partial charge in [-0.15, -0.1) is 0 Å². The molecule has 216 valence electrons. The maximum atomic E-state index is 13.0. The summed E-state index contributed by atoms with van der Waals surface area (Å²) in [6.07, 6.45) is 5.20. The lowest BCUT2D eigenvalue weighted by molar-refractivity contribution is 0.0794. The number of rotatable bonds is 9. The van der Waals surface area contributed by atoms with Crippen molar-refractivity contribution in [2.45, 2.75) is 32.1 Å². The Kier molecular flexibility index (Phi) is 8.20. The molecule has 4 N–H and O–H groups in total. The molecule has 0 saturated carbocycles. The van der Waals surface area contributed by atoms with Gasteiger partial charge in [0, 0.05) is 60.8 Å². The van der Waals surface area contributed by atoms with Crippen LogP contribution in [-0.4, -0.2) is 51.8 Å². The number of thiazole rings is 1. The second-order valence-corrected chi connectivity index (χ2v) is 11.4. The minimum atomic E-state index is -0.250. The molecule has 0 spiro atoms. The van der Waals surface area contributed by atoms with E-state index in [1.165, 1.54) is 22.3 Å². The number of methoxy groups -OCH3 is 1. The van der Waals surface area contributed by atoms with E-state index in [0.29, 0.717) is 33.8 Å². The molecular formula is C32H33N5O4S.